The van der Waals surface area contributed by atoms with Crippen LogP contribution in [-0.4, -0.2) is 6.61 Å². The Bertz CT molecular complexity index is 230. The van der Waals surface area contributed by atoms with Gasteiger partial charge >= 0.3 is 0 Å². The Morgan fingerprint density at radius 3 is 2.54 bits per heavy atom. The van der Waals surface area contributed by atoms with E-state index in [0.29, 0.717) is 0 Å². The van der Waals surface area contributed by atoms with Crippen molar-refractivity contribution in [3.05, 3.63) is 31.3 Å². The minimum atomic E-state index is 0.799. The van der Waals surface area contributed by atoms with E-state index in [9.17, 15) is 0 Å². The van der Waals surface area contributed by atoms with Crippen LogP contribution in [0.4, 0.5) is 5.69 Å². The molecule has 0 atom stereocenters. The molecule has 0 unspecified atom stereocenters. The molecule has 0 aliphatic heterocycles. The van der Waals surface area contributed by atoms with E-state index < -0.39 is 0 Å². The van der Waals surface area contributed by atoms with Gasteiger partial charge in [0.2, 0.25) is 0 Å². The lowest BCUT2D eigenvalue weighted by atomic mass is 10.3. The first kappa shape index (κ1) is 9.90. The van der Waals surface area contributed by atoms with E-state index in [1.54, 1.807) is 0 Å². The number of nitrogens with one attached hydrogen (secondary N) is 1. The van der Waals surface area contributed by atoms with Crippen LogP contribution in [0.1, 0.15) is 19.8 Å². The maximum Gasteiger partial charge on any atom is 0.119 e. The minimum Gasteiger partial charge on any atom is -0.494 e. The molecular formula is C11H16NO. The van der Waals surface area contributed by atoms with Crippen LogP contribution < -0.4 is 10.1 Å². The van der Waals surface area contributed by atoms with Gasteiger partial charge in [-0.05, 0) is 30.7 Å². The van der Waals surface area contributed by atoms with Crippen molar-refractivity contribution < 1.29 is 4.74 Å². The number of benzene rings is 1. The number of hydrogen-bond donors (Lipinski definition) is 1. The Morgan fingerprint density at radius 1 is 1.31 bits per heavy atom. The number of hydrogen-bond acceptors (Lipinski definition) is 2. The molecule has 0 saturated heterocycles. The highest BCUT2D eigenvalue weighted by Gasteiger charge is 1.92. The van der Waals surface area contributed by atoms with Gasteiger partial charge in [-0.2, -0.15) is 0 Å². The molecule has 1 radical (unpaired) electrons. The number of anilines is 1. The molecule has 0 saturated carbocycles. The average molecular weight is 178 g/mol. The van der Waals surface area contributed by atoms with Gasteiger partial charge in [-0.1, -0.05) is 13.3 Å². The van der Waals surface area contributed by atoms with E-state index >= 15 is 0 Å². The Labute approximate surface area is 79.9 Å². The minimum absolute atomic E-state index is 0.799. The molecule has 0 spiro atoms. The molecule has 0 amide bonds. The third-order valence-corrected chi connectivity index (χ3v) is 1.83. The number of rotatable bonds is 5. The second-order valence-corrected chi connectivity index (χ2v) is 2.90. The summed E-state index contributed by atoms with van der Waals surface area (Å²) in [5.74, 6) is 0.924. The lowest BCUT2D eigenvalue weighted by Gasteiger charge is -2.05. The summed E-state index contributed by atoms with van der Waals surface area (Å²) in [5.41, 5.74) is 1.00. The number of ether oxygens (including phenoxy) is 1. The Morgan fingerprint density at radius 2 is 2.00 bits per heavy atom. The molecule has 0 bridgehead atoms. The third-order valence-electron chi connectivity index (χ3n) is 1.83. The summed E-state index contributed by atoms with van der Waals surface area (Å²) >= 11 is 0. The summed E-state index contributed by atoms with van der Waals surface area (Å²) in [7, 11) is 3.57. The maximum atomic E-state index is 5.50. The molecule has 1 aromatic carbocycles. The lowest BCUT2D eigenvalue weighted by molar-refractivity contribution is 0.309. The Balaban J connectivity index is 2.40. The quantitative estimate of drug-likeness (QED) is 0.700. The molecular weight excluding hydrogens is 162 g/mol. The second kappa shape index (κ2) is 5.46. The predicted octanol–water partition coefficient (Wildman–Crippen LogP) is 3.07. The normalized spacial score (nSPS) is 9.69. The summed E-state index contributed by atoms with van der Waals surface area (Å²) in [6, 6.07) is 7.80. The first-order chi connectivity index (χ1) is 6.36. The van der Waals surface area contributed by atoms with E-state index in [0.717, 1.165) is 24.5 Å². The number of unbranched alkanes of at least 4 members (excludes halogenated alkanes) is 1. The molecule has 0 aliphatic rings. The van der Waals surface area contributed by atoms with Gasteiger partial charge in [-0.25, -0.2) is 0 Å². The fraction of sp³-hybridized carbons (Fsp3) is 0.364. The van der Waals surface area contributed by atoms with E-state index in [1.165, 1.54) is 6.42 Å². The van der Waals surface area contributed by atoms with Crippen molar-refractivity contribution >= 4 is 5.69 Å². The van der Waals surface area contributed by atoms with Gasteiger partial charge in [0.1, 0.15) is 5.75 Å². The van der Waals surface area contributed by atoms with Crippen LogP contribution in [0.25, 0.3) is 0 Å². The van der Waals surface area contributed by atoms with Crippen LogP contribution in [0.2, 0.25) is 0 Å². The molecule has 71 valence electrons. The van der Waals surface area contributed by atoms with Crippen molar-refractivity contribution in [1.29, 1.82) is 0 Å². The topological polar surface area (TPSA) is 21.3 Å². The monoisotopic (exact) mass is 178 g/mol. The van der Waals surface area contributed by atoms with Gasteiger partial charge in [0, 0.05) is 12.7 Å². The van der Waals surface area contributed by atoms with Crippen molar-refractivity contribution in [1.82, 2.24) is 0 Å². The van der Waals surface area contributed by atoms with Crippen molar-refractivity contribution in [3.8, 4) is 5.75 Å². The predicted molar refractivity (Wildman–Crippen MR) is 55.8 cm³/mol. The summed E-state index contributed by atoms with van der Waals surface area (Å²) < 4.78 is 5.50. The van der Waals surface area contributed by atoms with Gasteiger partial charge in [-0.15, -0.1) is 0 Å². The Hall–Kier alpha value is -1.18. The lowest BCUT2D eigenvalue weighted by Crippen LogP contribution is -1.96. The highest BCUT2D eigenvalue weighted by atomic mass is 16.5. The largest absolute Gasteiger partial charge is 0.494 e. The first-order valence-corrected chi connectivity index (χ1v) is 4.62. The molecule has 0 heterocycles. The molecule has 2 nitrogen and oxygen atoms in total. The highest BCUT2D eigenvalue weighted by Crippen LogP contribution is 2.15. The van der Waals surface area contributed by atoms with Gasteiger partial charge < -0.3 is 10.1 Å². The molecule has 1 rings (SSSR count). The molecule has 2 heteroatoms. The first-order valence-electron chi connectivity index (χ1n) is 4.62. The fourth-order valence-electron chi connectivity index (χ4n) is 1.00. The smallest absolute Gasteiger partial charge is 0.119 e. The average Bonchev–Trinajstić information content (AvgIpc) is 2.19. The van der Waals surface area contributed by atoms with Crippen molar-refractivity contribution in [2.75, 3.05) is 11.9 Å². The van der Waals surface area contributed by atoms with E-state index in [2.05, 4.69) is 19.3 Å². The maximum absolute atomic E-state index is 5.50. The molecule has 0 fully saturated rings. The van der Waals surface area contributed by atoms with Gasteiger partial charge in [0.05, 0.1) is 6.61 Å². The zero-order valence-corrected chi connectivity index (χ0v) is 8.05. The second-order valence-electron chi connectivity index (χ2n) is 2.90. The van der Waals surface area contributed by atoms with Crippen LogP contribution in [0, 0.1) is 7.05 Å². The van der Waals surface area contributed by atoms with E-state index in [4.69, 9.17) is 4.74 Å². The van der Waals surface area contributed by atoms with Gasteiger partial charge in [-0.3, -0.25) is 0 Å². The van der Waals surface area contributed by atoms with Crippen LogP contribution in [-0.2, 0) is 0 Å². The molecule has 0 aliphatic carbocycles. The third kappa shape index (κ3) is 3.36. The van der Waals surface area contributed by atoms with Gasteiger partial charge in [0.15, 0.2) is 0 Å². The SMILES string of the molecule is [CH2]Nc1ccc(OCCCC)cc1. The van der Waals surface area contributed by atoms with Crippen LogP contribution in [0.15, 0.2) is 24.3 Å². The van der Waals surface area contributed by atoms with E-state index in [-0.39, 0.29) is 0 Å². The van der Waals surface area contributed by atoms with Crippen LogP contribution in [0.5, 0.6) is 5.75 Å². The van der Waals surface area contributed by atoms with Crippen molar-refractivity contribution in [3.63, 3.8) is 0 Å². The molecule has 1 N–H and O–H groups in total. The Kier molecular flexibility index (Phi) is 4.16. The standard InChI is InChI=1S/C11H16NO/c1-3-4-9-13-11-7-5-10(12-2)6-8-11/h5-8,12H,2-4,9H2,1H3. The molecule has 13 heavy (non-hydrogen) atoms. The van der Waals surface area contributed by atoms with Crippen LogP contribution in [0.3, 0.4) is 0 Å². The summed E-state index contributed by atoms with van der Waals surface area (Å²) in [6.07, 6.45) is 2.27. The van der Waals surface area contributed by atoms with Gasteiger partial charge in [0.25, 0.3) is 0 Å². The summed E-state index contributed by atoms with van der Waals surface area (Å²) in [4.78, 5) is 0. The molecule has 0 aromatic heterocycles. The summed E-state index contributed by atoms with van der Waals surface area (Å²) in [5, 5.41) is 2.82. The fourth-order valence-corrected chi connectivity index (χ4v) is 1.00. The molecule has 1 aromatic rings. The van der Waals surface area contributed by atoms with Crippen molar-refractivity contribution in [2.45, 2.75) is 19.8 Å². The van der Waals surface area contributed by atoms with E-state index in [1.807, 2.05) is 24.3 Å². The zero-order chi connectivity index (χ0) is 9.52. The highest BCUT2D eigenvalue weighted by molar-refractivity contribution is 5.46. The van der Waals surface area contributed by atoms with Crippen LogP contribution >= 0.6 is 0 Å². The van der Waals surface area contributed by atoms with Crippen molar-refractivity contribution in [2.24, 2.45) is 0 Å². The summed E-state index contributed by atoms with van der Waals surface area (Å²) in [6.45, 7) is 2.95. The zero-order valence-electron chi connectivity index (χ0n) is 8.05.